The van der Waals surface area contributed by atoms with Crippen molar-refractivity contribution in [1.29, 1.82) is 0 Å². The van der Waals surface area contributed by atoms with Crippen molar-refractivity contribution in [3.8, 4) is 0 Å². The van der Waals surface area contributed by atoms with Gasteiger partial charge in [0.1, 0.15) is 5.82 Å². The fraction of sp³-hybridized carbons (Fsp3) is 0.231. The topological polar surface area (TPSA) is 12.0 Å². The molecule has 1 heterocycles. The molecular formula is C13H12Br2FNS. The van der Waals surface area contributed by atoms with Gasteiger partial charge < -0.3 is 5.32 Å². The van der Waals surface area contributed by atoms with Gasteiger partial charge in [0.05, 0.1) is 10.5 Å². The van der Waals surface area contributed by atoms with Crippen LogP contribution in [0.4, 0.5) is 10.1 Å². The first-order valence-corrected chi connectivity index (χ1v) is 7.90. The number of rotatable bonds is 3. The van der Waals surface area contributed by atoms with E-state index in [-0.39, 0.29) is 11.9 Å². The molecule has 0 amide bonds. The minimum Gasteiger partial charge on any atom is -0.377 e. The van der Waals surface area contributed by atoms with E-state index in [2.05, 4.69) is 55.5 Å². The lowest BCUT2D eigenvalue weighted by Crippen LogP contribution is -2.06. The molecule has 0 saturated heterocycles. The molecule has 0 bridgehead atoms. The van der Waals surface area contributed by atoms with Gasteiger partial charge in [-0.2, -0.15) is 0 Å². The minimum absolute atomic E-state index is 0.192. The second kappa shape index (κ2) is 5.72. The standard InChI is InChI=1S/C13H12Br2FNS/c1-7-3-11(16)10(15)5-12(7)17-8(2)13-4-9(14)6-18-13/h3-6,8,17H,1-2H3. The number of hydrogen-bond acceptors (Lipinski definition) is 2. The Morgan fingerprint density at radius 2 is 2.00 bits per heavy atom. The van der Waals surface area contributed by atoms with Crippen molar-refractivity contribution >= 4 is 48.9 Å². The van der Waals surface area contributed by atoms with Gasteiger partial charge in [0.15, 0.2) is 0 Å². The van der Waals surface area contributed by atoms with Crippen LogP contribution >= 0.6 is 43.2 Å². The third-order valence-electron chi connectivity index (χ3n) is 2.65. The first-order valence-electron chi connectivity index (χ1n) is 5.43. The van der Waals surface area contributed by atoms with E-state index >= 15 is 0 Å². The smallest absolute Gasteiger partial charge is 0.137 e. The summed E-state index contributed by atoms with van der Waals surface area (Å²) in [5.41, 5.74) is 1.85. The zero-order chi connectivity index (χ0) is 13.3. The van der Waals surface area contributed by atoms with Crippen molar-refractivity contribution in [2.24, 2.45) is 0 Å². The van der Waals surface area contributed by atoms with Crippen LogP contribution in [0.15, 0.2) is 32.5 Å². The number of nitrogens with one attached hydrogen (secondary N) is 1. The summed E-state index contributed by atoms with van der Waals surface area (Å²) in [7, 11) is 0. The molecule has 0 aliphatic carbocycles. The lowest BCUT2D eigenvalue weighted by atomic mass is 10.1. The lowest BCUT2D eigenvalue weighted by molar-refractivity contribution is 0.620. The predicted molar refractivity (Wildman–Crippen MR) is 82.9 cm³/mol. The lowest BCUT2D eigenvalue weighted by Gasteiger charge is -2.16. The summed E-state index contributed by atoms with van der Waals surface area (Å²) in [4.78, 5) is 1.24. The van der Waals surface area contributed by atoms with E-state index in [1.807, 2.05) is 6.92 Å². The zero-order valence-electron chi connectivity index (χ0n) is 9.93. The van der Waals surface area contributed by atoms with Gasteiger partial charge in [0.25, 0.3) is 0 Å². The Morgan fingerprint density at radius 3 is 2.61 bits per heavy atom. The summed E-state index contributed by atoms with van der Waals surface area (Å²) in [5.74, 6) is -0.232. The summed E-state index contributed by atoms with van der Waals surface area (Å²) >= 11 is 8.35. The highest BCUT2D eigenvalue weighted by atomic mass is 79.9. The number of benzene rings is 1. The van der Waals surface area contributed by atoms with E-state index in [0.717, 1.165) is 15.7 Å². The average Bonchev–Trinajstić information content (AvgIpc) is 2.73. The molecular weight excluding hydrogens is 381 g/mol. The van der Waals surface area contributed by atoms with Crippen LogP contribution in [-0.4, -0.2) is 0 Å². The Hall–Kier alpha value is -0.390. The van der Waals surface area contributed by atoms with Crippen LogP contribution in [0.2, 0.25) is 0 Å². The van der Waals surface area contributed by atoms with Crippen molar-refractivity contribution in [3.05, 3.63) is 48.8 Å². The Morgan fingerprint density at radius 1 is 1.28 bits per heavy atom. The van der Waals surface area contributed by atoms with E-state index in [1.165, 1.54) is 10.9 Å². The minimum atomic E-state index is -0.232. The molecule has 5 heteroatoms. The molecule has 0 fully saturated rings. The predicted octanol–water partition coefficient (Wildman–Crippen LogP) is 5.89. The van der Waals surface area contributed by atoms with Crippen LogP contribution in [0.3, 0.4) is 0 Å². The van der Waals surface area contributed by atoms with E-state index in [1.54, 1.807) is 17.4 Å². The number of aryl methyl sites for hydroxylation is 1. The van der Waals surface area contributed by atoms with Crippen LogP contribution < -0.4 is 5.32 Å². The van der Waals surface area contributed by atoms with Gasteiger partial charge in [-0.15, -0.1) is 11.3 Å². The second-order valence-electron chi connectivity index (χ2n) is 4.11. The Kier molecular flexibility index (Phi) is 4.45. The highest BCUT2D eigenvalue weighted by Gasteiger charge is 2.11. The van der Waals surface area contributed by atoms with Crippen molar-refractivity contribution < 1.29 is 4.39 Å². The second-order valence-corrected chi connectivity index (χ2v) is 6.83. The van der Waals surface area contributed by atoms with Crippen molar-refractivity contribution in [2.45, 2.75) is 19.9 Å². The molecule has 2 rings (SSSR count). The normalized spacial score (nSPS) is 12.5. The van der Waals surface area contributed by atoms with E-state index in [0.29, 0.717) is 4.47 Å². The van der Waals surface area contributed by atoms with E-state index in [9.17, 15) is 4.39 Å². The molecule has 1 nitrogen and oxygen atoms in total. The fourth-order valence-corrected chi connectivity index (χ4v) is 3.46. The van der Waals surface area contributed by atoms with Gasteiger partial charge in [-0.05, 0) is 69.5 Å². The molecule has 0 aliphatic heterocycles. The number of thiophene rings is 1. The first-order chi connectivity index (χ1) is 8.47. The first kappa shape index (κ1) is 14.0. The summed E-state index contributed by atoms with van der Waals surface area (Å²) < 4.78 is 14.9. The van der Waals surface area contributed by atoms with Crippen molar-refractivity contribution in [3.63, 3.8) is 0 Å². The van der Waals surface area contributed by atoms with Crippen LogP contribution in [0, 0.1) is 12.7 Å². The summed E-state index contributed by atoms with van der Waals surface area (Å²) in [6, 6.07) is 5.60. The molecule has 2 aromatic rings. The van der Waals surface area contributed by atoms with Crippen LogP contribution in [0.5, 0.6) is 0 Å². The van der Waals surface area contributed by atoms with Crippen LogP contribution in [0.1, 0.15) is 23.4 Å². The fourth-order valence-electron chi connectivity index (χ4n) is 1.66. The highest BCUT2D eigenvalue weighted by Crippen LogP contribution is 2.30. The van der Waals surface area contributed by atoms with Gasteiger partial charge in [0.2, 0.25) is 0 Å². The molecule has 0 radical (unpaired) electrons. The Balaban J connectivity index is 2.21. The van der Waals surface area contributed by atoms with Crippen LogP contribution in [0.25, 0.3) is 0 Å². The summed E-state index contributed by atoms with van der Waals surface area (Å²) in [6.45, 7) is 3.99. The maximum Gasteiger partial charge on any atom is 0.137 e. The maximum atomic E-state index is 13.3. The van der Waals surface area contributed by atoms with Crippen molar-refractivity contribution in [2.75, 3.05) is 5.32 Å². The summed E-state index contributed by atoms with van der Waals surface area (Å²) in [5, 5.41) is 5.46. The van der Waals surface area contributed by atoms with Gasteiger partial charge in [-0.1, -0.05) is 0 Å². The summed E-state index contributed by atoms with van der Waals surface area (Å²) in [6.07, 6.45) is 0. The number of halogens is 3. The number of anilines is 1. The SMILES string of the molecule is Cc1cc(F)c(Br)cc1NC(C)c1cc(Br)cs1. The third kappa shape index (κ3) is 3.13. The Labute approximate surface area is 127 Å². The molecule has 0 spiro atoms. The quantitative estimate of drug-likeness (QED) is 0.686. The zero-order valence-corrected chi connectivity index (χ0v) is 13.9. The van der Waals surface area contributed by atoms with E-state index < -0.39 is 0 Å². The molecule has 1 aromatic heterocycles. The monoisotopic (exact) mass is 391 g/mol. The van der Waals surface area contributed by atoms with Gasteiger partial charge in [-0.3, -0.25) is 0 Å². The molecule has 1 atom stereocenters. The Bertz CT molecular complexity index is 568. The van der Waals surface area contributed by atoms with Gasteiger partial charge in [-0.25, -0.2) is 4.39 Å². The molecule has 18 heavy (non-hydrogen) atoms. The average molecular weight is 393 g/mol. The molecule has 1 N–H and O–H groups in total. The molecule has 96 valence electrons. The van der Waals surface area contributed by atoms with Crippen LogP contribution in [-0.2, 0) is 0 Å². The molecule has 1 unspecified atom stereocenters. The van der Waals surface area contributed by atoms with Gasteiger partial charge >= 0.3 is 0 Å². The molecule has 0 aliphatic rings. The molecule has 0 saturated carbocycles. The largest absolute Gasteiger partial charge is 0.377 e. The number of hydrogen-bond donors (Lipinski definition) is 1. The van der Waals surface area contributed by atoms with Gasteiger partial charge in [0, 0.05) is 20.4 Å². The van der Waals surface area contributed by atoms with E-state index in [4.69, 9.17) is 0 Å². The highest BCUT2D eigenvalue weighted by molar-refractivity contribution is 9.10. The van der Waals surface area contributed by atoms with Crippen molar-refractivity contribution in [1.82, 2.24) is 0 Å². The third-order valence-corrected chi connectivity index (χ3v) is 5.14. The molecule has 1 aromatic carbocycles. The maximum absolute atomic E-state index is 13.3.